The van der Waals surface area contributed by atoms with Crippen molar-refractivity contribution < 1.29 is 22.8 Å². The van der Waals surface area contributed by atoms with Crippen LogP contribution in [-0.4, -0.2) is 22.0 Å². The van der Waals surface area contributed by atoms with Gasteiger partial charge in [-0.25, -0.2) is 0 Å². The third-order valence-corrected chi connectivity index (χ3v) is 4.04. The molecule has 0 unspecified atom stereocenters. The number of halogens is 3. The number of amides is 2. The summed E-state index contributed by atoms with van der Waals surface area (Å²) in [4.78, 5) is 23.6. The summed E-state index contributed by atoms with van der Waals surface area (Å²) in [6, 6.07) is 5.59. The molecule has 0 radical (unpaired) electrons. The van der Waals surface area contributed by atoms with Crippen molar-refractivity contribution in [2.75, 3.05) is 10.6 Å². The number of hydrogen-bond donors (Lipinski definition) is 2. The van der Waals surface area contributed by atoms with Gasteiger partial charge in [-0.2, -0.15) is 13.2 Å². The highest BCUT2D eigenvalue weighted by molar-refractivity contribution is 7.15. The zero-order valence-corrected chi connectivity index (χ0v) is 14.2. The Morgan fingerprint density at radius 3 is 2.32 bits per heavy atom. The largest absolute Gasteiger partial charge is 0.445 e. The normalized spacial score (nSPS) is 11.2. The third kappa shape index (κ3) is 5.52. The minimum atomic E-state index is -4.60. The van der Waals surface area contributed by atoms with E-state index in [1.165, 1.54) is 0 Å². The van der Waals surface area contributed by atoms with Gasteiger partial charge in [-0.15, -0.1) is 10.2 Å². The van der Waals surface area contributed by atoms with Crippen LogP contribution >= 0.6 is 11.3 Å². The van der Waals surface area contributed by atoms with Crippen LogP contribution in [0.1, 0.15) is 29.0 Å². The predicted octanol–water partition coefficient (Wildman–Crippen LogP) is 3.53. The Balaban J connectivity index is 1.84. The van der Waals surface area contributed by atoms with Crippen LogP contribution in [0.25, 0.3) is 0 Å². The fourth-order valence-electron chi connectivity index (χ4n) is 1.88. The highest BCUT2D eigenvalue weighted by Crippen LogP contribution is 2.33. The molecule has 2 aromatic rings. The Hall–Kier alpha value is -2.49. The van der Waals surface area contributed by atoms with E-state index in [1.54, 1.807) is 0 Å². The number of nitrogens with zero attached hydrogens (tertiary/aromatic N) is 2. The van der Waals surface area contributed by atoms with Crippen LogP contribution in [0.4, 0.5) is 24.0 Å². The highest BCUT2D eigenvalue weighted by Gasteiger charge is 2.35. The second-order valence-corrected chi connectivity index (χ2v) is 6.30. The maximum atomic E-state index is 12.4. The molecule has 0 bridgehead atoms. The molecule has 0 atom stereocenters. The molecule has 134 valence electrons. The van der Waals surface area contributed by atoms with E-state index < -0.39 is 17.1 Å². The van der Waals surface area contributed by atoms with Crippen molar-refractivity contribution in [2.45, 2.75) is 32.9 Å². The molecular formula is C15H15F3N4O2S. The molecule has 25 heavy (non-hydrogen) atoms. The lowest BCUT2D eigenvalue weighted by Gasteiger charge is -2.09. The van der Waals surface area contributed by atoms with Crippen LogP contribution in [0, 0.1) is 13.8 Å². The van der Waals surface area contributed by atoms with Crippen LogP contribution < -0.4 is 10.6 Å². The highest BCUT2D eigenvalue weighted by atomic mass is 32.1. The van der Waals surface area contributed by atoms with Crippen molar-refractivity contribution in [1.29, 1.82) is 0 Å². The van der Waals surface area contributed by atoms with Crippen molar-refractivity contribution in [2.24, 2.45) is 0 Å². The molecule has 10 heteroatoms. The van der Waals surface area contributed by atoms with Crippen LogP contribution in [0.15, 0.2) is 18.2 Å². The summed E-state index contributed by atoms with van der Waals surface area (Å²) < 4.78 is 37.2. The summed E-state index contributed by atoms with van der Waals surface area (Å²) >= 11 is 0.229. The summed E-state index contributed by atoms with van der Waals surface area (Å²) in [5, 5.41) is 9.71. The molecule has 1 heterocycles. The Morgan fingerprint density at radius 1 is 1.08 bits per heavy atom. The average Bonchev–Trinajstić information content (AvgIpc) is 2.97. The maximum Gasteiger partial charge on any atom is 0.445 e. The molecule has 2 N–H and O–H groups in total. The topological polar surface area (TPSA) is 84.0 Å². The van der Waals surface area contributed by atoms with E-state index in [0.29, 0.717) is 5.69 Å². The van der Waals surface area contributed by atoms with Crippen LogP contribution in [0.3, 0.4) is 0 Å². The molecule has 6 nitrogen and oxygen atoms in total. The first-order valence-electron chi connectivity index (χ1n) is 7.23. The van der Waals surface area contributed by atoms with Crippen molar-refractivity contribution >= 4 is 34.0 Å². The third-order valence-electron chi connectivity index (χ3n) is 3.16. The number of aromatic nitrogens is 2. The lowest BCUT2D eigenvalue weighted by atomic mass is 10.1. The van der Waals surface area contributed by atoms with Gasteiger partial charge in [-0.05, 0) is 31.0 Å². The fraction of sp³-hybridized carbons (Fsp3) is 0.333. The van der Waals surface area contributed by atoms with Gasteiger partial charge in [0.15, 0.2) is 0 Å². The molecular weight excluding hydrogens is 357 g/mol. The average molecular weight is 372 g/mol. The lowest BCUT2D eigenvalue weighted by Crippen LogP contribution is -2.17. The van der Waals surface area contributed by atoms with Crippen molar-refractivity contribution in [3.63, 3.8) is 0 Å². The Morgan fingerprint density at radius 2 is 1.72 bits per heavy atom. The molecule has 0 fully saturated rings. The van der Waals surface area contributed by atoms with Crippen molar-refractivity contribution in [3.05, 3.63) is 34.3 Å². The smallest absolute Gasteiger partial charge is 0.326 e. The molecule has 0 aliphatic carbocycles. The Labute approximate surface area is 145 Å². The van der Waals surface area contributed by atoms with Crippen LogP contribution in [-0.2, 0) is 15.8 Å². The van der Waals surface area contributed by atoms with Gasteiger partial charge in [0.2, 0.25) is 22.0 Å². The van der Waals surface area contributed by atoms with Crippen LogP contribution in [0.2, 0.25) is 0 Å². The van der Waals surface area contributed by atoms with E-state index in [2.05, 4.69) is 20.8 Å². The first-order chi connectivity index (χ1) is 11.6. The fourth-order valence-corrected chi connectivity index (χ4v) is 2.51. The van der Waals surface area contributed by atoms with Gasteiger partial charge in [-0.3, -0.25) is 9.59 Å². The van der Waals surface area contributed by atoms with E-state index in [-0.39, 0.29) is 35.2 Å². The predicted molar refractivity (Wildman–Crippen MR) is 87.3 cm³/mol. The number of alkyl halides is 3. The van der Waals surface area contributed by atoms with Gasteiger partial charge in [0, 0.05) is 18.5 Å². The standard InChI is InChI=1S/C15H15F3N4O2S/c1-8-3-4-9(2)10(7-8)19-11(23)5-6-12(24)20-14-22-21-13(25-14)15(16,17)18/h3-4,7H,5-6H2,1-2H3,(H,19,23)(H,20,22,24). The number of rotatable bonds is 5. The molecule has 0 saturated carbocycles. The number of anilines is 2. The minimum Gasteiger partial charge on any atom is -0.326 e. The van der Waals surface area contributed by atoms with Crippen molar-refractivity contribution in [3.8, 4) is 0 Å². The van der Waals surface area contributed by atoms with E-state index in [9.17, 15) is 22.8 Å². The lowest BCUT2D eigenvalue weighted by molar-refractivity contribution is -0.138. The van der Waals surface area contributed by atoms with Gasteiger partial charge in [0.25, 0.3) is 0 Å². The van der Waals surface area contributed by atoms with Crippen molar-refractivity contribution in [1.82, 2.24) is 10.2 Å². The second kappa shape index (κ2) is 7.60. The monoisotopic (exact) mass is 372 g/mol. The van der Waals surface area contributed by atoms with Gasteiger partial charge < -0.3 is 10.6 Å². The van der Waals surface area contributed by atoms with Gasteiger partial charge in [0.05, 0.1) is 0 Å². The summed E-state index contributed by atoms with van der Waals surface area (Å²) in [5.41, 5.74) is 2.52. The number of carbonyl (C=O) groups is 2. The minimum absolute atomic E-state index is 0.107. The van der Waals surface area contributed by atoms with E-state index in [0.717, 1.165) is 11.1 Å². The molecule has 0 spiro atoms. The summed E-state index contributed by atoms with van der Waals surface area (Å²) in [6.45, 7) is 3.73. The molecule has 2 amide bonds. The van der Waals surface area contributed by atoms with Crippen LogP contribution in [0.5, 0.6) is 0 Å². The van der Waals surface area contributed by atoms with E-state index in [1.807, 2.05) is 32.0 Å². The van der Waals surface area contributed by atoms with E-state index in [4.69, 9.17) is 0 Å². The number of aryl methyl sites for hydroxylation is 2. The number of nitrogens with one attached hydrogen (secondary N) is 2. The number of benzene rings is 1. The summed E-state index contributed by atoms with van der Waals surface area (Å²) in [5.74, 6) is -0.974. The molecule has 0 aliphatic rings. The second-order valence-electron chi connectivity index (χ2n) is 5.32. The maximum absolute atomic E-state index is 12.4. The Bertz CT molecular complexity index is 789. The Kier molecular flexibility index (Phi) is 5.73. The molecule has 1 aromatic heterocycles. The molecule has 1 aromatic carbocycles. The molecule has 0 saturated heterocycles. The summed E-state index contributed by atoms with van der Waals surface area (Å²) in [7, 11) is 0. The quantitative estimate of drug-likeness (QED) is 0.841. The number of hydrogen-bond acceptors (Lipinski definition) is 5. The number of carbonyl (C=O) groups excluding carboxylic acids is 2. The zero-order chi connectivity index (χ0) is 18.6. The van der Waals surface area contributed by atoms with Gasteiger partial charge in [0.1, 0.15) is 0 Å². The summed E-state index contributed by atoms with van der Waals surface area (Å²) in [6.07, 6.45) is -4.89. The first kappa shape index (κ1) is 18.8. The molecule has 0 aliphatic heterocycles. The van der Waals surface area contributed by atoms with Gasteiger partial charge in [-0.1, -0.05) is 23.5 Å². The zero-order valence-electron chi connectivity index (χ0n) is 13.4. The van der Waals surface area contributed by atoms with E-state index >= 15 is 0 Å². The first-order valence-corrected chi connectivity index (χ1v) is 8.04. The molecule has 2 rings (SSSR count). The van der Waals surface area contributed by atoms with Gasteiger partial charge >= 0.3 is 6.18 Å². The SMILES string of the molecule is Cc1ccc(C)c(NC(=O)CCC(=O)Nc2nnc(C(F)(F)F)s2)c1.